The van der Waals surface area contributed by atoms with Crippen LogP contribution in [-0.4, -0.2) is 43.5 Å². The van der Waals surface area contributed by atoms with Crippen molar-refractivity contribution in [1.82, 2.24) is 35.6 Å². The van der Waals surface area contributed by atoms with Gasteiger partial charge in [-0.2, -0.15) is 10.2 Å². The van der Waals surface area contributed by atoms with Gasteiger partial charge >= 0.3 is 0 Å². The van der Waals surface area contributed by atoms with Gasteiger partial charge in [-0.3, -0.25) is 9.78 Å². The summed E-state index contributed by atoms with van der Waals surface area (Å²) in [6.45, 7) is 9.81. The first-order chi connectivity index (χ1) is 14.0. The van der Waals surface area contributed by atoms with Crippen LogP contribution in [0.1, 0.15) is 36.4 Å². The minimum absolute atomic E-state index is 0.231. The second kappa shape index (κ2) is 9.36. The number of nitrogens with one attached hydrogen (secondary N) is 3. The third-order valence-electron chi connectivity index (χ3n) is 4.93. The molecule has 8 heteroatoms. The summed E-state index contributed by atoms with van der Waals surface area (Å²) >= 11 is 0. The molecule has 0 aliphatic carbocycles. The van der Waals surface area contributed by atoms with Crippen LogP contribution >= 0.6 is 0 Å². The van der Waals surface area contributed by atoms with E-state index in [0.29, 0.717) is 6.54 Å². The van der Waals surface area contributed by atoms with Gasteiger partial charge in [-0.15, -0.1) is 0 Å². The molecule has 3 N–H and O–H groups in total. The molecule has 1 unspecified atom stereocenters. The van der Waals surface area contributed by atoms with E-state index in [4.69, 9.17) is 4.99 Å². The van der Waals surface area contributed by atoms with Crippen molar-refractivity contribution >= 4 is 5.96 Å². The maximum atomic E-state index is 4.77. The molecule has 0 radical (unpaired) electrons. The Morgan fingerprint density at radius 1 is 1.31 bits per heavy atom. The molecule has 1 aromatic carbocycles. The largest absolute Gasteiger partial charge is 0.357 e. The molecule has 0 spiro atoms. The van der Waals surface area contributed by atoms with Crippen LogP contribution in [-0.2, 0) is 20.0 Å². The first kappa shape index (κ1) is 20.6. The summed E-state index contributed by atoms with van der Waals surface area (Å²) in [6, 6.07) is 8.41. The molecule has 0 saturated heterocycles. The van der Waals surface area contributed by atoms with Crippen molar-refractivity contribution in [2.75, 3.05) is 6.54 Å². The molecule has 3 aromatic rings. The third kappa shape index (κ3) is 5.22. The average Bonchev–Trinajstić information content (AvgIpc) is 3.32. The highest BCUT2D eigenvalue weighted by atomic mass is 15.3. The topological polar surface area (TPSA) is 95.8 Å². The van der Waals surface area contributed by atoms with Crippen molar-refractivity contribution in [3.05, 3.63) is 53.1 Å². The van der Waals surface area contributed by atoms with Crippen LogP contribution in [0.3, 0.4) is 0 Å². The first-order valence-corrected chi connectivity index (χ1v) is 9.96. The zero-order chi connectivity index (χ0) is 20.8. The van der Waals surface area contributed by atoms with Gasteiger partial charge < -0.3 is 10.6 Å². The van der Waals surface area contributed by atoms with E-state index in [1.165, 1.54) is 17.6 Å². The molecule has 1 atom stereocenters. The zero-order valence-electron chi connectivity index (χ0n) is 17.8. The van der Waals surface area contributed by atoms with Crippen molar-refractivity contribution < 1.29 is 0 Å². The summed E-state index contributed by atoms with van der Waals surface area (Å²) in [5, 5.41) is 18.2. The summed E-state index contributed by atoms with van der Waals surface area (Å²) in [5.74, 6) is 1.57. The Kier molecular flexibility index (Phi) is 6.64. The molecule has 3 rings (SSSR count). The smallest absolute Gasteiger partial charge is 0.191 e. The lowest BCUT2D eigenvalue weighted by atomic mass is 10.1. The summed E-state index contributed by atoms with van der Waals surface area (Å²) < 4.78 is 1.94. The minimum atomic E-state index is 0.231. The monoisotopic (exact) mass is 394 g/mol. The van der Waals surface area contributed by atoms with Crippen LogP contribution in [0.25, 0.3) is 11.4 Å². The number of guanidine groups is 1. The molecule has 0 bridgehead atoms. The average molecular weight is 395 g/mol. The lowest BCUT2D eigenvalue weighted by Gasteiger charge is -2.18. The molecule has 0 saturated carbocycles. The van der Waals surface area contributed by atoms with E-state index < -0.39 is 0 Å². The van der Waals surface area contributed by atoms with Crippen molar-refractivity contribution in [2.45, 2.75) is 46.7 Å². The van der Waals surface area contributed by atoms with Gasteiger partial charge in [-0.1, -0.05) is 18.2 Å². The Bertz CT molecular complexity index is 955. The van der Waals surface area contributed by atoms with Crippen LogP contribution in [0.2, 0.25) is 0 Å². The molecule has 154 valence electrons. The number of hydrogen-bond acceptors (Lipinski definition) is 4. The Morgan fingerprint density at radius 2 is 2.14 bits per heavy atom. The highest BCUT2D eigenvalue weighted by molar-refractivity contribution is 5.80. The molecule has 2 aromatic heterocycles. The molecular weight excluding hydrogens is 364 g/mol. The third-order valence-corrected chi connectivity index (χ3v) is 4.93. The number of aliphatic imine (C=N–C) groups is 1. The summed E-state index contributed by atoms with van der Waals surface area (Å²) in [6.07, 6.45) is 2.41. The fraction of sp³-hybridized carbons (Fsp3) is 0.429. The maximum Gasteiger partial charge on any atom is 0.191 e. The second-order valence-electron chi connectivity index (χ2n) is 7.25. The Labute approximate surface area is 171 Å². The number of aromatic nitrogens is 5. The number of aromatic amines is 1. The molecule has 2 heterocycles. The predicted octanol–water partition coefficient (Wildman–Crippen LogP) is 2.51. The SMILES string of the molecule is CCNC(=NCc1cccc(-c2ncn[nH]2)c1)NC(C)Cc1c(C)nn(C)c1C. The van der Waals surface area contributed by atoms with Gasteiger partial charge in [0.25, 0.3) is 0 Å². The molecule has 8 nitrogen and oxygen atoms in total. The van der Waals surface area contributed by atoms with E-state index in [1.807, 2.05) is 23.9 Å². The first-order valence-electron chi connectivity index (χ1n) is 9.96. The molecule has 0 fully saturated rings. The molecule has 0 amide bonds. The number of benzene rings is 1. The van der Waals surface area contributed by atoms with Crippen molar-refractivity contribution in [2.24, 2.45) is 12.0 Å². The summed E-state index contributed by atoms with van der Waals surface area (Å²) in [7, 11) is 1.99. The van der Waals surface area contributed by atoms with Crippen LogP contribution in [0.4, 0.5) is 0 Å². The lowest BCUT2D eigenvalue weighted by molar-refractivity contribution is 0.636. The van der Waals surface area contributed by atoms with Crippen molar-refractivity contribution in [3.8, 4) is 11.4 Å². The van der Waals surface area contributed by atoms with E-state index in [0.717, 1.165) is 41.6 Å². The molecule has 0 aliphatic heterocycles. The minimum Gasteiger partial charge on any atom is -0.357 e. The highest BCUT2D eigenvalue weighted by Gasteiger charge is 2.14. The fourth-order valence-corrected chi connectivity index (χ4v) is 3.36. The Morgan fingerprint density at radius 3 is 2.79 bits per heavy atom. The summed E-state index contributed by atoms with van der Waals surface area (Å²) in [4.78, 5) is 8.98. The number of aryl methyl sites for hydroxylation is 2. The highest BCUT2D eigenvalue weighted by Crippen LogP contribution is 2.16. The van der Waals surface area contributed by atoms with Gasteiger partial charge in [0.05, 0.1) is 12.2 Å². The van der Waals surface area contributed by atoms with Crippen molar-refractivity contribution in [3.63, 3.8) is 0 Å². The van der Waals surface area contributed by atoms with Gasteiger partial charge in [-0.25, -0.2) is 9.98 Å². The fourth-order valence-electron chi connectivity index (χ4n) is 3.36. The van der Waals surface area contributed by atoms with Gasteiger partial charge in [0.1, 0.15) is 6.33 Å². The quantitative estimate of drug-likeness (QED) is 0.423. The Balaban J connectivity index is 1.67. The van der Waals surface area contributed by atoms with Gasteiger partial charge in [0, 0.05) is 30.9 Å². The second-order valence-corrected chi connectivity index (χ2v) is 7.25. The van der Waals surface area contributed by atoms with E-state index in [2.05, 4.69) is 70.7 Å². The molecule has 0 aliphatic rings. The number of rotatable bonds is 7. The van der Waals surface area contributed by atoms with Crippen LogP contribution in [0.15, 0.2) is 35.6 Å². The predicted molar refractivity (Wildman–Crippen MR) is 116 cm³/mol. The van der Waals surface area contributed by atoms with Gasteiger partial charge in [0.15, 0.2) is 11.8 Å². The number of nitrogens with zero attached hydrogens (tertiary/aromatic N) is 5. The Hall–Kier alpha value is -3.16. The van der Waals surface area contributed by atoms with Gasteiger partial charge in [0.2, 0.25) is 0 Å². The standard InChI is InChI=1S/C21H30N8/c1-6-22-21(26-14(2)10-19-15(3)28-29(5)16(19)4)23-12-17-8-7-9-18(11-17)20-24-13-25-27-20/h7-9,11,13-14H,6,10,12H2,1-5H3,(H2,22,23,26)(H,24,25,27). The van der Waals surface area contributed by atoms with Crippen molar-refractivity contribution in [1.29, 1.82) is 0 Å². The van der Waals surface area contributed by atoms with E-state index in [-0.39, 0.29) is 6.04 Å². The summed E-state index contributed by atoms with van der Waals surface area (Å²) in [5.41, 5.74) is 5.71. The van der Waals surface area contributed by atoms with E-state index in [9.17, 15) is 0 Å². The molecular formula is C21H30N8. The molecule has 29 heavy (non-hydrogen) atoms. The normalized spacial score (nSPS) is 12.8. The number of hydrogen-bond donors (Lipinski definition) is 3. The van der Waals surface area contributed by atoms with Crippen LogP contribution in [0, 0.1) is 13.8 Å². The maximum absolute atomic E-state index is 4.77. The van der Waals surface area contributed by atoms with Crippen LogP contribution in [0.5, 0.6) is 0 Å². The lowest BCUT2D eigenvalue weighted by Crippen LogP contribution is -2.43. The van der Waals surface area contributed by atoms with Gasteiger partial charge in [-0.05, 0) is 51.3 Å². The zero-order valence-corrected chi connectivity index (χ0v) is 17.8. The number of H-pyrrole nitrogens is 1. The van der Waals surface area contributed by atoms with E-state index in [1.54, 1.807) is 0 Å². The van der Waals surface area contributed by atoms with E-state index >= 15 is 0 Å². The van der Waals surface area contributed by atoms with Crippen LogP contribution < -0.4 is 10.6 Å².